The minimum absolute atomic E-state index is 0.0465. The van der Waals surface area contributed by atoms with E-state index in [-0.39, 0.29) is 25.1 Å². The Morgan fingerprint density at radius 2 is 2.11 bits per heavy atom. The molecule has 0 bridgehead atoms. The number of alkyl halides is 1. The third-order valence-corrected chi connectivity index (χ3v) is 4.50. The number of carbonyl (C=O) groups excluding carboxylic acids is 1. The molecule has 1 aromatic heterocycles. The Bertz CT molecular complexity index is 861. The van der Waals surface area contributed by atoms with Crippen LogP contribution in [0.15, 0.2) is 42.7 Å². The van der Waals surface area contributed by atoms with Crippen molar-refractivity contribution >= 4 is 11.9 Å². The van der Waals surface area contributed by atoms with Gasteiger partial charge in [0.05, 0.1) is 13.2 Å². The van der Waals surface area contributed by atoms with Crippen LogP contribution in [-0.2, 0) is 11.4 Å². The Kier molecular flexibility index (Phi) is 5.77. The average molecular weight is 388 g/mol. The third kappa shape index (κ3) is 4.21. The maximum absolute atomic E-state index is 14.2. The molecule has 2 heterocycles. The van der Waals surface area contributed by atoms with Crippen LogP contribution in [0.4, 0.5) is 4.39 Å². The summed E-state index contributed by atoms with van der Waals surface area (Å²) in [6.45, 7) is 2.05. The molecule has 2 aromatic rings. The third-order valence-electron chi connectivity index (χ3n) is 4.50. The van der Waals surface area contributed by atoms with E-state index in [9.17, 15) is 14.0 Å². The number of nitrogens with zero attached hydrogens (tertiary/aromatic N) is 2. The van der Waals surface area contributed by atoms with Crippen LogP contribution in [0.25, 0.3) is 0 Å². The molecular formula is C20H21FN2O5. The van der Waals surface area contributed by atoms with Crippen molar-refractivity contribution in [2.75, 3.05) is 19.7 Å². The van der Waals surface area contributed by atoms with Crippen LogP contribution in [0.3, 0.4) is 0 Å². The molecule has 148 valence electrons. The van der Waals surface area contributed by atoms with Crippen LogP contribution in [-0.4, -0.2) is 52.2 Å². The largest absolute Gasteiger partial charge is 0.490 e. The molecule has 28 heavy (non-hydrogen) atoms. The summed E-state index contributed by atoms with van der Waals surface area (Å²) in [4.78, 5) is 28.9. The normalized spacial score (nSPS) is 18.7. The van der Waals surface area contributed by atoms with Crippen molar-refractivity contribution < 1.29 is 28.6 Å². The van der Waals surface area contributed by atoms with Gasteiger partial charge < -0.3 is 19.5 Å². The number of amides is 1. The van der Waals surface area contributed by atoms with Gasteiger partial charge in [0.25, 0.3) is 5.91 Å². The summed E-state index contributed by atoms with van der Waals surface area (Å²) < 4.78 is 25.6. The number of halogens is 1. The Morgan fingerprint density at radius 3 is 2.75 bits per heavy atom. The molecule has 1 saturated heterocycles. The van der Waals surface area contributed by atoms with Crippen LogP contribution in [0, 0.1) is 0 Å². The summed E-state index contributed by atoms with van der Waals surface area (Å²) in [5, 5.41) is 8.99. The lowest BCUT2D eigenvalue weighted by molar-refractivity contribution is -0.149. The van der Waals surface area contributed by atoms with Gasteiger partial charge in [-0.25, -0.2) is 9.18 Å². The topological polar surface area (TPSA) is 89.0 Å². The molecule has 0 aliphatic carbocycles. The van der Waals surface area contributed by atoms with Crippen LogP contribution in [0.1, 0.15) is 29.3 Å². The van der Waals surface area contributed by atoms with Gasteiger partial charge in [-0.05, 0) is 31.2 Å². The van der Waals surface area contributed by atoms with Gasteiger partial charge in [0.15, 0.2) is 11.5 Å². The van der Waals surface area contributed by atoms with E-state index in [2.05, 4.69) is 4.98 Å². The summed E-state index contributed by atoms with van der Waals surface area (Å²) in [5.41, 5.74) is -1.23. The van der Waals surface area contributed by atoms with Crippen LogP contribution >= 0.6 is 0 Å². The molecule has 1 amide bonds. The van der Waals surface area contributed by atoms with Crippen molar-refractivity contribution in [3.8, 4) is 11.5 Å². The number of likely N-dealkylation sites (tertiary alicyclic amines) is 1. The van der Waals surface area contributed by atoms with Gasteiger partial charge in [0.1, 0.15) is 6.61 Å². The predicted molar refractivity (Wildman–Crippen MR) is 98.2 cm³/mol. The molecule has 0 spiro atoms. The zero-order valence-corrected chi connectivity index (χ0v) is 15.4. The van der Waals surface area contributed by atoms with E-state index in [0.717, 1.165) is 5.56 Å². The molecule has 1 N–H and O–H groups in total. The van der Waals surface area contributed by atoms with Crippen molar-refractivity contribution in [1.82, 2.24) is 9.88 Å². The zero-order chi connectivity index (χ0) is 20.1. The number of ether oxygens (including phenoxy) is 2. The first kappa shape index (κ1) is 19.6. The second-order valence-electron chi connectivity index (χ2n) is 6.49. The van der Waals surface area contributed by atoms with E-state index in [4.69, 9.17) is 14.6 Å². The standard InChI is InChI=1S/C20H21FN2O5/c1-2-27-17-10-15(18(24)23-9-7-20(21,13-23)19(25)26)5-6-16(17)28-12-14-4-3-8-22-11-14/h3-6,8,10-11H,2,7,9,12-13H2,1H3,(H,25,26). The highest BCUT2D eigenvalue weighted by Crippen LogP contribution is 2.32. The first-order valence-corrected chi connectivity index (χ1v) is 8.93. The maximum Gasteiger partial charge on any atom is 0.343 e. The second-order valence-corrected chi connectivity index (χ2v) is 6.49. The van der Waals surface area contributed by atoms with Gasteiger partial charge in [-0.3, -0.25) is 9.78 Å². The Labute approximate surface area is 161 Å². The van der Waals surface area contributed by atoms with Crippen LogP contribution in [0.5, 0.6) is 11.5 Å². The number of rotatable bonds is 7. The molecular weight excluding hydrogens is 367 g/mol. The average Bonchev–Trinajstić information content (AvgIpc) is 3.11. The first-order chi connectivity index (χ1) is 13.4. The number of benzene rings is 1. The number of carbonyl (C=O) groups is 2. The lowest BCUT2D eigenvalue weighted by Crippen LogP contribution is -2.38. The molecule has 8 heteroatoms. The van der Waals surface area contributed by atoms with Gasteiger partial charge in [-0.2, -0.15) is 0 Å². The number of aliphatic carboxylic acids is 1. The van der Waals surface area contributed by atoms with Crippen LogP contribution in [0.2, 0.25) is 0 Å². The van der Waals surface area contributed by atoms with Gasteiger partial charge in [-0.1, -0.05) is 6.07 Å². The van der Waals surface area contributed by atoms with Crippen molar-refractivity contribution in [3.05, 3.63) is 53.9 Å². The van der Waals surface area contributed by atoms with E-state index in [1.165, 1.54) is 11.0 Å². The maximum atomic E-state index is 14.2. The fraction of sp³-hybridized carbons (Fsp3) is 0.350. The highest BCUT2D eigenvalue weighted by atomic mass is 19.1. The number of hydrogen-bond acceptors (Lipinski definition) is 5. The summed E-state index contributed by atoms with van der Waals surface area (Å²) in [6, 6.07) is 8.39. The van der Waals surface area contributed by atoms with E-state index < -0.39 is 24.1 Å². The minimum atomic E-state index is -2.40. The fourth-order valence-corrected chi connectivity index (χ4v) is 2.98. The number of hydrogen-bond donors (Lipinski definition) is 1. The predicted octanol–water partition coefficient (Wildman–Crippen LogP) is 2.70. The van der Waals surface area contributed by atoms with Crippen molar-refractivity contribution in [2.45, 2.75) is 25.6 Å². The molecule has 1 aliphatic rings. The second kappa shape index (κ2) is 8.24. The van der Waals surface area contributed by atoms with Gasteiger partial charge in [0, 0.05) is 36.5 Å². The van der Waals surface area contributed by atoms with Crippen molar-refractivity contribution in [3.63, 3.8) is 0 Å². The number of carboxylic acid groups (broad SMARTS) is 1. The minimum Gasteiger partial charge on any atom is -0.490 e. The van der Waals surface area contributed by atoms with Crippen LogP contribution < -0.4 is 9.47 Å². The molecule has 0 saturated carbocycles. The van der Waals surface area contributed by atoms with E-state index >= 15 is 0 Å². The molecule has 1 fully saturated rings. The van der Waals surface area contributed by atoms with E-state index in [1.54, 1.807) is 24.5 Å². The summed E-state index contributed by atoms with van der Waals surface area (Å²) in [5.74, 6) is -1.13. The molecule has 1 unspecified atom stereocenters. The first-order valence-electron chi connectivity index (χ1n) is 8.93. The molecule has 3 rings (SSSR count). The highest BCUT2D eigenvalue weighted by molar-refractivity contribution is 5.96. The molecule has 1 aromatic carbocycles. The Balaban J connectivity index is 1.75. The molecule has 1 aliphatic heterocycles. The van der Waals surface area contributed by atoms with Crippen molar-refractivity contribution in [1.29, 1.82) is 0 Å². The Morgan fingerprint density at radius 1 is 1.29 bits per heavy atom. The lowest BCUT2D eigenvalue weighted by atomic mass is 10.1. The summed E-state index contributed by atoms with van der Waals surface area (Å²) in [7, 11) is 0. The highest BCUT2D eigenvalue weighted by Gasteiger charge is 2.47. The van der Waals surface area contributed by atoms with E-state index in [1.807, 2.05) is 19.1 Å². The smallest absolute Gasteiger partial charge is 0.343 e. The number of pyridine rings is 1. The SMILES string of the molecule is CCOc1cc(C(=O)N2CCC(F)(C(=O)O)C2)ccc1OCc1cccnc1. The monoisotopic (exact) mass is 388 g/mol. The van der Waals surface area contributed by atoms with Crippen molar-refractivity contribution in [2.24, 2.45) is 0 Å². The molecule has 7 nitrogen and oxygen atoms in total. The summed E-state index contributed by atoms with van der Waals surface area (Å²) >= 11 is 0. The Hall–Kier alpha value is -3.16. The lowest BCUT2D eigenvalue weighted by Gasteiger charge is -2.19. The number of aromatic nitrogens is 1. The summed E-state index contributed by atoms with van der Waals surface area (Å²) in [6.07, 6.45) is 3.14. The fourth-order valence-electron chi connectivity index (χ4n) is 2.98. The quantitative estimate of drug-likeness (QED) is 0.785. The number of carboxylic acids is 1. The van der Waals surface area contributed by atoms with Gasteiger partial charge in [-0.15, -0.1) is 0 Å². The molecule has 1 atom stereocenters. The zero-order valence-electron chi connectivity index (χ0n) is 15.4. The van der Waals surface area contributed by atoms with E-state index in [0.29, 0.717) is 18.1 Å². The molecule has 0 radical (unpaired) electrons. The van der Waals surface area contributed by atoms with Gasteiger partial charge in [0.2, 0.25) is 5.67 Å². The van der Waals surface area contributed by atoms with Gasteiger partial charge >= 0.3 is 5.97 Å².